The summed E-state index contributed by atoms with van der Waals surface area (Å²) in [5.41, 5.74) is 1.90. The SMILES string of the molecule is Cc1nc(C)c(-c2ccnc(N3CCC(NC(=O)CN4CCC(O)CC4)C3)n2)s1. The minimum Gasteiger partial charge on any atom is -0.393 e. The Morgan fingerprint density at radius 1 is 1.24 bits per heavy atom. The molecule has 2 fully saturated rings. The van der Waals surface area contributed by atoms with Gasteiger partial charge in [-0.1, -0.05) is 0 Å². The lowest BCUT2D eigenvalue weighted by Gasteiger charge is -2.29. The number of aliphatic hydroxyl groups is 1. The van der Waals surface area contributed by atoms with Crippen molar-refractivity contribution in [2.24, 2.45) is 0 Å². The zero-order valence-electron chi connectivity index (χ0n) is 17.0. The molecule has 0 spiro atoms. The first-order chi connectivity index (χ1) is 14.0. The van der Waals surface area contributed by atoms with Crippen molar-refractivity contribution in [3.05, 3.63) is 23.0 Å². The monoisotopic (exact) mass is 416 g/mol. The minimum absolute atomic E-state index is 0.0543. The van der Waals surface area contributed by atoms with Gasteiger partial charge in [0.15, 0.2) is 0 Å². The molecule has 9 heteroatoms. The van der Waals surface area contributed by atoms with Crippen LogP contribution in [-0.2, 0) is 4.79 Å². The molecule has 0 aromatic carbocycles. The molecule has 1 unspecified atom stereocenters. The van der Waals surface area contributed by atoms with Crippen LogP contribution < -0.4 is 10.2 Å². The zero-order valence-corrected chi connectivity index (χ0v) is 17.8. The minimum atomic E-state index is -0.217. The second-order valence-electron chi connectivity index (χ2n) is 7.90. The Morgan fingerprint density at radius 3 is 2.76 bits per heavy atom. The van der Waals surface area contributed by atoms with Crippen LogP contribution in [0.5, 0.6) is 0 Å². The number of hydrogen-bond donors (Lipinski definition) is 2. The van der Waals surface area contributed by atoms with E-state index in [1.54, 1.807) is 17.5 Å². The summed E-state index contributed by atoms with van der Waals surface area (Å²) in [5.74, 6) is 0.758. The van der Waals surface area contributed by atoms with Gasteiger partial charge in [-0.25, -0.2) is 15.0 Å². The van der Waals surface area contributed by atoms with Gasteiger partial charge in [0.2, 0.25) is 11.9 Å². The number of thiazole rings is 1. The van der Waals surface area contributed by atoms with Crippen LogP contribution in [0.15, 0.2) is 12.3 Å². The van der Waals surface area contributed by atoms with E-state index >= 15 is 0 Å². The maximum atomic E-state index is 12.4. The van der Waals surface area contributed by atoms with Crippen molar-refractivity contribution in [1.29, 1.82) is 0 Å². The van der Waals surface area contributed by atoms with Gasteiger partial charge in [0.1, 0.15) is 0 Å². The summed E-state index contributed by atoms with van der Waals surface area (Å²) in [7, 11) is 0. The summed E-state index contributed by atoms with van der Waals surface area (Å²) in [6.07, 6.45) is 3.96. The lowest BCUT2D eigenvalue weighted by Crippen LogP contribution is -2.46. The molecule has 8 nitrogen and oxygen atoms in total. The number of amides is 1. The fraction of sp³-hybridized carbons (Fsp3) is 0.600. The molecule has 4 rings (SSSR count). The first kappa shape index (κ1) is 20.2. The molecule has 2 aliphatic heterocycles. The largest absolute Gasteiger partial charge is 0.393 e. The number of piperidine rings is 1. The van der Waals surface area contributed by atoms with Crippen molar-refractivity contribution in [2.45, 2.75) is 45.3 Å². The quantitative estimate of drug-likeness (QED) is 0.760. The van der Waals surface area contributed by atoms with Crippen molar-refractivity contribution in [3.63, 3.8) is 0 Å². The van der Waals surface area contributed by atoms with Crippen molar-refractivity contribution >= 4 is 23.2 Å². The van der Waals surface area contributed by atoms with Crippen LogP contribution in [0.25, 0.3) is 10.6 Å². The van der Waals surface area contributed by atoms with Crippen LogP contribution in [0.1, 0.15) is 30.0 Å². The highest BCUT2D eigenvalue weighted by Gasteiger charge is 2.27. The third-order valence-corrected chi connectivity index (χ3v) is 6.63. The van der Waals surface area contributed by atoms with E-state index in [0.717, 1.165) is 60.2 Å². The Kier molecular flexibility index (Phi) is 6.07. The van der Waals surface area contributed by atoms with E-state index < -0.39 is 0 Å². The number of rotatable bonds is 5. The molecular weight excluding hydrogens is 388 g/mol. The Labute approximate surface area is 175 Å². The maximum absolute atomic E-state index is 12.4. The van der Waals surface area contributed by atoms with Gasteiger partial charge in [-0.05, 0) is 39.2 Å². The van der Waals surface area contributed by atoms with Crippen LogP contribution in [0.4, 0.5) is 5.95 Å². The van der Waals surface area contributed by atoms with E-state index in [1.807, 2.05) is 19.9 Å². The average Bonchev–Trinajstić information content (AvgIpc) is 3.29. The first-order valence-corrected chi connectivity index (χ1v) is 11.0. The summed E-state index contributed by atoms with van der Waals surface area (Å²) in [6, 6.07) is 2.03. The summed E-state index contributed by atoms with van der Waals surface area (Å²) >= 11 is 1.65. The van der Waals surface area contributed by atoms with E-state index in [2.05, 4.69) is 25.1 Å². The molecule has 29 heavy (non-hydrogen) atoms. The number of aromatic nitrogens is 3. The number of hydrogen-bond acceptors (Lipinski definition) is 8. The molecule has 4 heterocycles. The van der Waals surface area contributed by atoms with E-state index in [9.17, 15) is 9.90 Å². The summed E-state index contributed by atoms with van der Waals surface area (Å²) in [5, 5.41) is 13.8. The lowest BCUT2D eigenvalue weighted by atomic mass is 10.1. The molecule has 156 valence electrons. The second-order valence-corrected chi connectivity index (χ2v) is 9.10. The Morgan fingerprint density at radius 2 is 2.03 bits per heavy atom. The maximum Gasteiger partial charge on any atom is 0.234 e. The van der Waals surface area contributed by atoms with E-state index in [0.29, 0.717) is 19.0 Å². The number of nitrogens with zero attached hydrogens (tertiary/aromatic N) is 5. The van der Waals surface area contributed by atoms with Crippen molar-refractivity contribution in [1.82, 2.24) is 25.2 Å². The lowest BCUT2D eigenvalue weighted by molar-refractivity contribution is -0.123. The molecule has 2 aliphatic rings. The topological polar surface area (TPSA) is 94.5 Å². The molecule has 0 radical (unpaired) electrons. The Hall–Kier alpha value is -2.10. The molecule has 0 aliphatic carbocycles. The summed E-state index contributed by atoms with van der Waals surface area (Å²) in [4.78, 5) is 31.4. The molecule has 1 amide bonds. The van der Waals surface area contributed by atoms with Gasteiger partial charge in [-0.2, -0.15) is 0 Å². The van der Waals surface area contributed by atoms with Crippen LogP contribution in [-0.4, -0.2) is 75.7 Å². The van der Waals surface area contributed by atoms with Crippen LogP contribution >= 0.6 is 11.3 Å². The predicted molar refractivity (Wildman–Crippen MR) is 113 cm³/mol. The summed E-state index contributed by atoms with van der Waals surface area (Å²) in [6.45, 7) is 7.51. The van der Waals surface area contributed by atoms with Gasteiger partial charge in [0.25, 0.3) is 0 Å². The summed E-state index contributed by atoms with van der Waals surface area (Å²) < 4.78 is 0. The first-order valence-electron chi connectivity index (χ1n) is 10.2. The number of nitrogens with one attached hydrogen (secondary N) is 1. The number of carbonyl (C=O) groups is 1. The van der Waals surface area contributed by atoms with E-state index in [-0.39, 0.29) is 18.1 Å². The third-order valence-electron chi connectivity index (χ3n) is 5.54. The van der Waals surface area contributed by atoms with Crippen LogP contribution in [0.3, 0.4) is 0 Å². The third kappa shape index (κ3) is 4.91. The second kappa shape index (κ2) is 8.73. The smallest absolute Gasteiger partial charge is 0.234 e. The average molecular weight is 417 g/mol. The molecule has 0 saturated carbocycles. The zero-order chi connectivity index (χ0) is 20.4. The highest BCUT2D eigenvalue weighted by atomic mass is 32.1. The Bertz CT molecular complexity index is 864. The molecular formula is C20H28N6O2S. The molecule has 1 atom stereocenters. The molecule has 2 N–H and O–H groups in total. The van der Waals surface area contributed by atoms with Crippen LogP contribution in [0, 0.1) is 13.8 Å². The highest BCUT2D eigenvalue weighted by molar-refractivity contribution is 7.15. The number of likely N-dealkylation sites (tertiary alicyclic amines) is 1. The van der Waals surface area contributed by atoms with Crippen molar-refractivity contribution < 1.29 is 9.90 Å². The van der Waals surface area contributed by atoms with E-state index in [1.165, 1.54) is 0 Å². The number of aliphatic hydroxyl groups excluding tert-OH is 1. The number of carbonyl (C=O) groups excluding carboxylic acids is 1. The van der Waals surface area contributed by atoms with E-state index in [4.69, 9.17) is 4.98 Å². The van der Waals surface area contributed by atoms with Gasteiger partial charge in [0.05, 0.1) is 33.9 Å². The number of anilines is 1. The highest BCUT2D eigenvalue weighted by Crippen LogP contribution is 2.29. The standard InChI is InChI=1S/C20H28N6O2S/c1-13-19(29-14(2)22-13)17-3-7-21-20(24-17)26-10-4-15(11-26)23-18(28)12-25-8-5-16(27)6-9-25/h3,7,15-16,27H,4-6,8-12H2,1-2H3,(H,23,28). The van der Waals surface area contributed by atoms with Crippen LogP contribution in [0.2, 0.25) is 0 Å². The van der Waals surface area contributed by atoms with Crippen molar-refractivity contribution in [3.8, 4) is 10.6 Å². The van der Waals surface area contributed by atoms with Gasteiger partial charge in [0, 0.05) is 38.4 Å². The fourth-order valence-electron chi connectivity index (χ4n) is 4.01. The predicted octanol–water partition coefficient (Wildman–Crippen LogP) is 1.37. The van der Waals surface area contributed by atoms with Gasteiger partial charge < -0.3 is 15.3 Å². The Balaban J connectivity index is 1.33. The molecule has 2 aromatic heterocycles. The molecule has 2 aromatic rings. The number of aryl methyl sites for hydroxylation is 2. The van der Waals surface area contributed by atoms with Gasteiger partial charge in [-0.15, -0.1) is 11.3 Å². The van der Waals surface area contributed by atoms with Crippen molar-refractivity contribution in [2.75, 3.05) is 37.6 Å². The van der Waals surface area contributed by atoms with Gasteiger partial charge >= 0.3 is 0 Å². The normalized spacial score (nSPS) is 20.9. The fourth-order valence-corrected chi connectivity index (χ4v) is 4.90. The van der Waals surface area contributed by atoms with Gasteiger partial charge in [-0.3, -0.25) is 9.69 Å². The molecule has 0 bridgehead atoms. The molecule has 2 saturated heterocycles.